The van der Waals surface area contributed by atoms with Crippen molar-refractivity contribution < 1.29 is 29.7 Å². The Labute approximate surface area is 185 Å². The van der Waals surface area contributed by atoms with E-state index in [1.54, 1.807) is 4.90 Å². The van der Waals surface area contributed by atoms with Gasteiger partial charge < -0.3 is 15.3 Å². The maximum Gasteiger partial charge on any atom is 0.317 e. The minimum absolute atomic E-state index is 0.0831. The van der Waals surface area contributed by atoms with Crippen molar-refractivity contribution in [1.29, 1.82) is 0 Å². The van der Waals surface area contributed by atoms with Gasteiger partial charge in [-0.05, 0) is 25.7 Å². The first-order chi connectivity index (χ1) is 14.6. The highest BCUT2D eigenvalue weighted by Gasteiger charge is 2.22. The lowest BCUT2D eigenvalue weighted by molar-refractivity contribution is -0.140. The fraction of sp³-hybridized carbons (Fsp3) is 0.857. The van der Waals surface area contributed by atoms with E-state index in [-0.39, 0.29) is 19.6 Å². The Bertz CT molecular complexity index is 542. The van der Waals surface area contributed by atoms with E-state index in [0.717, 1.165) is 12.8 Å². The minimum atomic E-state index is -0.952. The molecule has 0 unspecified atom stereocenters. The second kappa shape index (κ2) is 14.3. The van der Waals surface area contributed by atoms with Crippen LogP contribution in [0.4, 0.5) is 0 Å². The molecule has 0 aromatic rings. The maximum atomic E-state index is 11.3. The van der Waals surface area contributed by atoms with Gasteiger partial charge >= 0.3 is 17.9 Å². The van der Waals surface area contributed by atoms with Crippen molar-refractivity contribution in [3.63, 3.8) is 0 Å². The molecule has 0 bridgehead atoms. The lowest BCUT2D eigenvalue weighted by atomic mass is 10.0. The summed E-state index contributed by atoms with van der Waals surface area (Å²) >= 11 is 0. The van der Waals surface area contributed by atoms with E-state index >= 15 is 0 Å². The Hall–Kier alpha value is -1.75. The maximum absolute atomic E-state index is 11.3. The average Bonchev–Trinajstić information content (AvgIpc) is 2.64. The van der Waals surface area contributed by atoms with Gasteiger partial charge in [0.1, 0.15) is 0 Å². The van der Waals surface area contributed by atoms with Gasteiger partial charge in [-0.1, -0.05) is 13.8 Å². The smallest absolute Gasteiger partial charge is 0.317 e. The molecule has 3 N–H and O–H groups in total. The van der Waals surface area contributed by atoms with Crippen molar-refractivity contribution in [1.82, 2.24) is 19.6 Å². The zero-order valence-electron chi connectivity index (χ0n) is 19.2. The first-order valence-corrected chi connectivity index (χ1v) is 11.1. The van der Waals surface area contributed by atoms with Gasteiger partial charge in [-0.2, -0.15) is 0 Å². The number of rotatable bonds is 10. The molecule has 180 valence electrons. The molecule has 0 saturated carbocycles. The molecule has 0 amide bonds. The van der Waals surface area contributed by atoms with Crippen LogP contribution in [0.1, 0.15) is 33.6 Å². The van der Waals surface area contributed by atoms with E-state index in [1.807, 2.05) is 9.80 Å². The summed E-state index contributed by atoms with van der Waals surface area (Å²) in [5, 5.41) is 27.8. The predicted molar refractivity (Wildman–Crippen MR) is 117 cm³/mol. The molecule has 0 spiro atoms. The third-order valence-electron chi connectivity index (χ3n) is 5.73. The summed E-state index contributed by atoms with van der Waals surface area (Å²) in [4.78, 5) is 41.6. The van der Waals surface area contributed by atoms with Crippen LogP contribution in [0.2, 0.25) is 0 Å². The molecule has 10 nitrogen and oxygen atoms in total. The zero-order valence-corrected chi connectivity index (χ0v) is 19.2. The van der Waals surface area contributed by atoms with Crippen LogP contribution in [0.15, 0.2) is 0 Å². The van der Waals surface area contributed by atoms with E-state index < -0.39 is 17.9 Å². The van der Waals surface area contributed by atoms with Gasteiger partial charge in [0, 0.05) is 58.4 Å². The van der Waals surface area contributed by atoms with Crippen molar-refractivity contribution in [2.75, 3.05) is 72.0 Å². The van der Waals surface area contributed by atoms with E-state index in [1.165, 1.54) is 0 Å². The quantitative estimate of drug-likeness (QED) is 0.433. The van der Waals surface area contributed by atoms with Crippen molar-refractivity contribution in [3.05, 3.63) is 0 Å². The van der Waals surface area contributed by atoms with Crippen LogP contribution in [0, 0.1) is 5.92 Å². The molecule has 1 aliphatic rings. The number of carboxylic acid groups (broad SMARTS) is 3. The monoisotopic (exact) mass is 444 g/mol. The second-order valence-electron chi connectivity index (χ2n) is 8.87. The summed E-state index contributed by atoms with van der Waals surface area (Å²) in [7, 11) is 0. The molecule has 31 heavy (non-hydrogen) atoms. The molecular weight excluding hydrogens is 404 g/mol. The Morgan fingerprint density at radius 3 is 1.23 bits per heavy atom. The first-order valence-electron chi connectivity index (χ1n) is 11.1. The molecule has 0 aliphatic carbocycles. The lowest BCUT2D eigenvalue weighted by Crippen LogP contribution is -2.49. The Balaban J connectivity index is 2.95. The summed E-state index contributed by atoms with van der Waals surface area (Å²) in [6.07, 6.45) is 2.13. The van der Waals surface area contributed by atoms with E-state index in [9.17, 15) is 29.7 Å². The number of aliphatic carboxylic acids is 3. The first kappa shape index (κ1) is 27.3. The van der Waals surface area contributed by atoms with Gasteiger partial charge in [0.15, 0.2) is 0 Å². The summed E-state index contributed by atoms with van der Waals surface area (Å²) in [6, 6.07) is 0.312. The van der Waals surface area contributed by atoms with E-state index in [0.29, 0.717) is 64.3 Å². The highest BCUT2D eigenvalue weighted by Crippen LogP contribution is 2.13. The average molecular weight is 445 g/mol. The molecular formula is C21H40N4O6. The second-order valence-corrected chi connectivity index (χ2v) is 8.87. The molecule has 10 heteroatoms. The molecule has 0 radical (unpaired) electrons. The zero-order chi connectivity index (χ0) is 23.4. The molecule has 1 heterocycles. The Morgan fingerprint density at radius 2 is 0.935 bits per heavy atom. The van der Waals surface area contributed by atoms with Crippen molar-refractivity contribution >= 4 is 17.9 Å². The standard InChI is InChI=1S/C21H40N4O6/c1-17(2)4-5-18(3)25-12-10-23(15-20(28)29)8-6-22(14-19(26)27)7-9-24(11-13-25)16-21(30)31/h17-18H,4-16H2,1-3H3,(H,26,27)(H,28,29)(H,30,31)/t18-/m0/s1. The fourth-order valence-corrected chi connectivity index (χ4v) is 3.80. The molecule has 0 aromatic carbocycles. The van der Waals surface area contributed by atoms with Crippen molar-refractivity contribution in [2.24, 2.45) is 5.92 Å². The third-order valence-corrected chi connectivity index (χ3v) is 5.73. The van der Waals surface area contributed by atoms with Crippen LogP contribution in [-0.4, -0.2) is 131 Å². The SMILES string of the molecule is CC(C)CC[C@H](C)N1CCN(CC(=O)O)CCN(CC(=O)O)CCN(CC(=O)O)CC1. The number of hydrogen-bond acceptors (Lipinski definition) is 7. The van der Waals surface area contributed by atoms with Gasteiger partial charge in [-0.25, -0.2) is 0 Å². The number of carboxylic acids is 3. The predicted octanol–water partition coefficient (Wildman–Crippen LogP) is 0.287. The summed E-state index contributed by atoms with van der Waals surface area (Å²) in [5.74, 6) is -2.15. The molecule has 1 aliphatic heterocycles. The molecule has 1 atom stereocenters. The normalized spacial score (nSPS) is 20.1. The van der Waals surface area contributed by atoms with Gasteiger partial charge in [-0.15, -0.1) is 0 Å². The van der Waals surface area contributed by atoms with Crippen LogP contribution in [0.25, 0.3) is 0 Å². The van der Waals surface area contributed by atoms with Crippen molar-refractivity contribution in [2.45, 2.75) is 39.7 Å². The molecule has 1 saturated heterocycles. The Morgan fingerprint density at radius 1 is 0.613 bits per heavy atom. The van der Waals surface area contributed by atoms with E-state index in [4.69, 9.17) is 0 Å². The van der Waals surface area contributed by atoms with E-state index in [2.05, 4.69) is 25.7 Å². The van der Waals surface area contributed by atoms with Crippen LogP contribution >= 0.6 is 0 Å². The number of hydrogen-bond donors (Lipinski definition) is 3. The van der Waals surface area contributed by atoms with Crippen LogP contribution in [0.3, 0.4) is 0 Å². The van der Waals surface area contributed by atoms with Crippen LogP contribution in [-0.2, 0) is 14.4 Å². The van der Waals surface area contributed by atoms with Crippen LogP contribution in [0.5, 0.6) is 0 Å². The van der Waals surface area contributed by atoms with Crippen LogP contribution < -0.4 is 0 Å². The molecule has 0 aromatic heterocycles. The van der Waals surface area contributed by atoms with Gasteiger partial charge in [-0.3, -0.25) is 34.0 Å². The molecule has 1 fully saturated rings. The topological polar surface area (TPSA) is 125 Å². The van der Waals surface area contributed by atoms with Gasteiger partial charge in [0.25, 0.3) is 0 Å². The minimum Gasteiger partial charge on any atom is -0.480 e. The summed E-state index contributed by atoms with van der Waals surface area (Å²) < 4.78 is 0. The summed E-state index contributed by atoms with van der Waals surface area (Å²) in [5.41, 5.74) is 0. The summed E-state index contributed by atoms with van der Waals surface area (Å²) in [6.45, 7) is 10.5. The fourth-order valence-electron chi connectivity index (χ4n) is 3.80. The van der Waals surface area contributed by atoms with Crippen molar-refractivity contribution in [3.8, 4) is 0 Å². The lowest BCUT2D eigenvalue weighted by Gasteiger charge is -2.35. The van der Waals surface area contributed by atoms with Gasteiger partial charge in [0.05, 0.1) is 19.6 Å². The highest BCUT2D eigenvalue weighted by atomic mass is 16.4. The molecule has 1 rings (SSSR count). The highest BCUT2D eigenvalue weighted by molar-refractivity contribution is 5.69. The largest absolute Gasteiger partial charge is 0.480 e. The number of nitrogens with zero attached hydrogens (tertiary/aromatic N) is 4. The van der Waals surface area contributed by atoms with Gasteiger partial charge in [0.2, 0.25) is 0 Å². The third kappa shape index (κ3) is 12.6. The number of carbonyl (C=O) groups is 3. The Kier molecular flexibility index (Phi) is 12.6.